The first-order chi connectivity index (χ1) is 7.15. The van der Waals surface area contributed by atoms with Crippen molar-refractivity contribution >= 4 is 11.9 Å². The Morgan fingerprint density at radius 3 is 2.80 bits per heavy atom. The maximum Gasteiger partial charge on any atom is 0.323 e. The van der Waals surface area contributed by atoms with E-state index in [0.717, 1.165) is 4.90 Å². The summed E-state index contributed by atoms with van der Waals surface area (Å²) in [6, 6.07) is 1.45. The molecule has 78 valence electrons. The first-order valence-corrected chi connectivity index (χ1v) is 4.12. The zero-order valence-corrected chi connectivity index (χ0v) is 7.84. The highest BCUT2D eigenvalue weighted by Gasteiger charge is 2.18. The standard InChI is InChI=1S/C10H9NO4/c1-2-4-11(6-9(12)13)10(14)8-3-5-15-7-8/h1,3,5,7H,4,6H2,(H,12,13). The van der Waals surface area contributed by atoms with Gasteiger partial charge in [0.15, 0.2) is 0 Å². The van der Waals surface area contributed by atoms with E-state index >= 15 is 0 Å². The maximum atomic E-state index is 11.6. The van der Waals surface area contributed by atoms with Gasteiger partial charge in [0.25, 0.3) is 5.91 Å². The number of nitrogens with zero attached hydrogens (tertiary/aromatic N) is 1. The largest absolute Gasteiger partial charge is 0.480 e. The lowest BCUT2D eigenvalue weighted by molar-refractivity contribution is -0.137. The summed E-state index contributed by atoms with van der Waals surface area (Å²) < 4.78 is 4.72. The third-order valence-corrected chi connectivity index (χ3v) is 1.66. The third kappa shape index (κ3) is 2.88. The van der Waals surface area contributed by atoms with Gasteiger partial charge in [0.05, 0.1) is 18.4 Å². The van der Waals surface area contributed by atoms with Gasteiger partial charge >= 0.3 is 5.97 Å². The van der Waals surface area contributed by atoms with Crippen LogP contribution in [-0.4, -0.2) is 35.0 Å². The Balaban J connectivity index is 2.76. The summed E-state index contributed by atoms with van der Waals surface area (Å²) in [4.78, 5) is 23.2. The molecule has 1 N–H and O–H groups in total. The minimum absolute atomic E-state index is 0.0453. The molecule has 0 aliphatic carbocycles. The zero-order valence-electron chi connectivity index (χ0n) is 7.84. The third-order valence-electron chi connectivity index (χ3n) is 1.66. The lowest BCUT2D eigenvalue weighted by Gasteiger charge is -2.16. The van der Waals surface area contributed by atoms with Gasteiger partial charge in [0.1, 0.15) is 12.8 Å². The molecule has 1 rings (SSSR count). The van der Waals surface area contributed by atoms with E-state index in [1.807, 2.05) is 0 Å². The summed E-state index contributed by atoms with van der Waals surface area (Å²) in [6.45, 7) is -0.468. The number of aliphatic carboxylic acids is 1. The van der Waals surface area contributed by atoms with Gasteiger partial charge in [-0.15, -0.1) is 6.42 Å². The molecule has 0 radical (unpaired) electrons. The van der Waals surface area contributed by atoms with Crippen LogP contribution in [0.5, 0.6) is 0 Å². The second-order valence-electron chi connectivity index (χ2n) is 2.77. The molecule has 5 nitrogen and oxygen atoms in total. The lowest BCUT2D eigenvalue weighted by Crippen LogP contribution is -2.35. The van der Waals surface area contributed by atoms with Crippen LogP contribution in [0.4, 0.5) is 0 Å². The molecule has 1 heterocycles. The lowest BCUT2D eigenvalue weighted by atomic mass is 10.3. The number of hydrogen-bond donors (Lipinski definition) is 1. The predicted octanol–water partition coefficient (Wildman–Crippen LogP) is 0.440. The number of carbonyl (C=O) groups excluding carboxylic acids is 1. The number of carboxylic acid groups (broad SMARTS) is 1. The van der Waals surface area contributed by atoms with E-state index in [4.69, 9.17) is 15.9 Å². The van der Waals surface area contributed by atoms with E-state index in [0.29, 0.717) is 0 Å². The highest BCUT2D eigenvalue weighted by atomic mass is 16.4. The first-order valence-electron chi connectivity index (χ1n) is 4.12. The molecule has 0 spiro atoms. The summed E-state index contributed by atoms with van der Waals surface area (Å²) >= 11 is 0. The van der Waals surface area contributed by atoms with Gasteiger partial charge in [0.2, 0.25) is 0 Å². The highest BCUT2D eigenvalue weighted by Crippen LogP contribution is 2.05. The smallest absolute Gasteiger partial charge is 0.323 e. The summed E-state index contributed by atoms with van der Waals surface area (Å²) in [5, 5.41) is 8.57. The second-order valence-corrected chi connectivity index (χ2v) is 2.77. The van der Waals surface area contributed by atoms with Crippen molar-refractivity contribution in [2.24, 2.45) is 0 Å². The van der Waals surface area contributed by atoms with Crippen molar-refractivity contribution in [2.75, 3.05) is 13.1 Å². The Labute approximate surface area is 86.3 Å². The quantitative estimate of drug-likeness (QED) is 0.727. The summed E-state index contributed by atoms with van der Waals surface area (Å²) in [6.07, 6.45) is 7.62. The summed E-state index contributed by atoms with van der Waals surface area (Å²) in [7, 11) is 0. The molecule has 15 heavy (non-hydrogen) atoms. The minimum atomic E-state index is -1.11. The van der Waals surface area contributed by atoms with Crippen molar-refractivity contribution in [2.45, 2.75) is 0 Å². The molecule has 0 aromatic carbocycles. The van der Waals surface area contributed by atoms with Gasteiger partial charge in [0, 0.05) is 0 Å². The van der Waals surface area contributed by atoms with Gasteiger partial charge < -0.3 is 14.4 Å². The van der Waals surface area contributed by atoms with Crippen LogP contribution >= 0.6 is 0 Å². The van der Waals surface area contributed by atoms with Crippen LogP contribution in [0.15, 0.2) is 23.0 Å². The van der Waals surface area contributed by atoms with Crippen LogP contribution in [0.2, 0.25) is 0 Å². The van der Waals surface area contributed by atoms with Gasteiger partial charge in [-0.2, -0.15) is 0 Å². The highest BCUT2D eigenvalue weighted by molar-refractivity contribution is 5.95. The predicted molar refractivity (Wildman–Crippen MR) is 51.1 cm³/mol. The van der Waals surface area contributed by atoms with E-state index in [2.05, 4.69) is 5.92 Å². The number of amides is 1. The molecular weight excluding hydrogens is 198 g/mol. The second kappa shape index (κ2) is 4.86. The molecule has 0 aliphatic heterocycles. The van der Waals surface area contributed by atoms with Gasteiger partial charge in [-0.3, -0.25) is 9.59 Å². The Morgan fingerprint density at radius 2 is 2.33 bits per heavy atom. The molecule has 0 fully saturated rings. The van der Waals surface area contributed by atoms with Crippen molar-refractivity contribution in [3.63, 3.8) is 0 Å². The van der Waals surface area contributed by atoms with Crippen LogP contribution in [0.1, 0.15) is 10.4 Å². The average Bonchev–Trinajstić information content (AvgIpc) is 2.68. The van der Waals surface area contributed by atoms with Crippen molar-refractivity contribution in [3.8, 4) is 12.3 Å². The van der Waals surface area contributed by atoms with Crippen molar-refractivity contribution in [1.82, 2.24) is 4.90 Å². The fraction of sp³-hybridized carbons (Fsp3) is 0.200. The molecule has 0 saturated heterocycles. The monoisotopic (exact) mass is 207 g/mol. The van der Waals surface area contributed by atoms with Gasteiger partial charge in [-0.1, -0.05) is 5.92 Å². The number of hydrogen-bond acceptors (Lipinski definition) is 3. The molecule has 0 bridgehead atoms. The van der Waals surface area contributed by atoms with E-state index in [9.17, 15) is 9.59 Å². The summed E-state index contributed by atoms with van der Waals surface area (Å²) in [5.74, 6) is 0.663. The van der Waals surface area contributed by atoms with Crippen molar-refractivity contribution in [3.05, 3.63) is 24.2 Å². The number of terminal acetylenes is 1. The molecule has 0 aliphatic rings. The van der Waals surface area contributed by atoms with E-state index in [1.165, 1.54) is 18.6 Å². The van der Waals surface area contributed by atoms with Crippen LogP contribution in [0.25, 0.3) is 0 Å². The minimum Gasteiger partial charge on any atom is -0.480 e. The van der Waals surface area contributed by atoms with E-state index in [1.54, 1.807) is 0 Å². The number of furan rings is 1. The van der Waals surface area contributed by atoms with Crippen molar-refractivity contribution in [1.29, 1.82) is 0 Å². The molecule has 0 saturated carbocycles. The Bertz CT molecular complexity index is 388. The van der Waals surface area contributed by atoms with E-state index < -0.39 is 18.4 Å². The molecule has 1 amide bonds. The van der Waals surface area contributed by atoms with Crippen LogP contribution in [-0.2, 0) is 4.79 Å². The molecular formula is C10H9NO4. The van der Waals surface area contributed by atoms with Crippen LogP contribution in [0, 0.1) is 12.3 Å². The molecule has 1 aromatic heterocycles. The molecule has 0 atom stereocenters. The Morgan fingerprint density at radius 1 is 1.60 bits per heavy atom. The molecule has 1 aromatic rings. The number of rotatable bonds is 4. The normalized spacial score (nSPS) is 9.27. The molecule has 5 heteroatoms. The van der Waals surface area contributed by atoms with Crippen LogP contribution < -0.4 is 0 Å². The SMILES string of the molecule is C#CCN(CC(=O)O)C(=O)c1ccoc1. The average molecular weight is 207 g/mol. The fourth-order valence-electron chi connectivity index (χ4n) is 1.04. The van der Waals surface area contributed by atoms with Crippen LogP contribution in [0.3, 0.4) is 0 Å². The molecule has 0 unspecified atom stereocenters. The van der Waals surface area contributed by atoms with Crippen molar-refractivity contribution < 1.29 is 19.1 Å². The zero-order chi connectivity index (χ0) is 11.3. The fourth-order valence-corrected chi connectivity index (χ4v) is 1.04. The maximum absolute atomic E-state index is 11.6. The van der Waals surface area contributed by atoms with Gasteiger partial charge in [-0.05, 0) is 6.07 Å². The van der Waals surface area contributed by atoms with Gasteiger partial charge in [-0.25, -0.2) is 0 Å². The first kappa shape index (κ1) is 10.9. The van der Waals surface area contributed by atoms with E-state index in [-0.39, 0.29) is 12.1 Å². The number of carbonyl (C=O) groups is 2. The topological polar surface area (TPSA) is 70.8 Å². The Hall–Kier alpha value is -2.22. The number of carboxylic acids is 1. The summed E-state index contributed by atoms with van der Waals surface area (Å²) in [5.41, 5.74) is 0.284. The Kier molecular flexibility index (Phi) is 3.52.